The summed E-state index contributed by atoms with van der Waals surface area (Å²) in [5, 5.41) is 4.28. The first-order valence-corrected chi connectivity index (χ1v) is 7.87. The van der Waals surface area contributed by atoms with E-state index in [2.05, 4.69) is 65.7 Å². The number of aryl methyl sites for hydroxylation is 1. The van der Waals surface area contributed by atoms with Crippen LogP contribution in [0.2, 0.25) is 0 Å². The van der Waals surface area contributed by atoms with Crippen molar-refractivity contribution in [2.24, 2.45) is 0 Å². The summed E-state index contributed by atoms with van der Waals surface area (Å²) in [6, 6.07) is 19.2. The molecule has 21 heavy (non-hydrogen) atoms. The molecule has 1 N–H and O–H groups in total. The van der Waals surface area contributed by atoms with Gasteiger partial charge in [0, 0.05) is 12.2 Å². The third-order valence-electron chi connectivity index (χ3n) is 3.99. The summed E-state index contributed by atoms with van der Waals surface area (Å²) in [5.41, 5.74) is 3.90. The number of hydrogen-bond acceptors (Lipinski definition) is 1. The minimum atomic E-state index is 0.216. The normalized spacial score (nSPS) is 15.2. The molecule has 3 heteroatoms. The van der Waals surface area contributed by atoms with Crippen molar-refractivity contribution in [2.75, 3.05) is 11.4 Å². The Morgan fingerprint density at radius 1 is 1.10 bits per heavy atom. The molecule has 1 aliphatic heterocycles. The molecule has 2 aromatic rings. The summed E-state index contributed by atoms with van der Waals surface area (Å²) in [4.78, 5) is 2.23. The molecule has 1 atom stereocenters. The third kappa shape index (κ3) is 3.08. The Hall–Kier alpha value is -1.87. The lowest BCUT2D eigenvalue weighted by atomic mass is 10.0. The number of anilines is 1. The number of benzene rings is 2. The topological polar surface area (TPSA) is 15.3 Å². The van der Waals surface area contributed by atoms with Gasteiger partial charge in [-0.2, -0.15) is 0 Å². The van der Waals surface area contributed by atoms with E-state index in [1.807, 2.05) is 6.07 Å². The van der Waals surface area contributed by atoms with Crippen LogP contribution in [0.25, 0.3) is 0 Å². The largest absolute Gasteiger partial charge is 0.356 e. The number of nitrogens with one attached hydrogen (secondary N) is 1. The average molecular weight is 296 g/mol. The fraction of sp³-hybridized carbons (Fsp3) is 0.278. The Balaban J connectivity index is 1.75. The van der Waals surface area contributed by atoms with Crippen molar-refractivity contribution in [1.82, 2.24) is 5.32 Å². The Labute approximate surface area is 131 Å². The molecule has 1 aliphatic rings. The molecule has 0 aromatic heterocycles. The number of hydrogen-bond donors (Lipinski definition) is 1. The Kier molecular flexibility index (Phi) is 4.20. The Morgan fingerprint density at radius 2 is 1.81 bits per heavy atom. The molecule has 0 saturated heterocycles. The van der Waals surface area contributed by atoms with Gasteiger partial charge in [0.15, 0.2) is 5.11 Å². The number of nitrogens with zero attached hydrogens (tertiary/aromatic N) is 1. The molecule has 108 valence electrons. The zero-order chi connectivity index (χ0) is 14.7. The van der Waals surface area contributed by atoms with E-state index >= 15 is 0 Å². The van der Waals surface area contributed by atoms with Crippen molar-refractivity contribution in [2.45, 2.75) is 25.8 Å². The lowest BCUT2D eigenvalue weighted by molar-refractivity contribution is 0.696. The van der Waals surface area contributed by atoms with E-state index in [1.54, 1.807) is 0 Å². The van der Waals surface area contributed by atoms with Gasteiger partial charge in [-0.15, -0.1) is 0 Å². The van der Waals surface area contributed by atoms with E-state index in [4.69, 9.17) is 12.2 Å². The van der Waals surface area contributed by atoms with Gasteiger partial charge in [-0.1, -0.05) is 48.5 Å². The van der Waals surface area contributed by atoms with Crippen molar-refractivity contribution < 1.29 is 0 Å². The molecule has 0 bridgehead atoms. The molecule has 0 fully saturated rings. The summed E-state index contributed by atoms with van der Waals surface area (Å²) in [7, 11) is 0. The lowest BCUT2D eigenvalue weighted by Gasteiger charge is -2.33. The van der Waals surface area contributed by atoms with Gasteiger partial charge in [-0.05, 0) is 49.2 Å². The fourth-order valence-electron chi connectivity index (χ4n) is 2.83. The monoisotopic (exact) mass is 296 g/mol. The van der Waals surface area contributed by atoms with Gasteiger partial charge in [0.1, 0.15) is 0 Å². The summed E-state index contributed by atoms with van der Waals surface area (Å²) in [5.74, 6) is 0. The van der Waals surface area contributed by atoms with Crippen LogP contribution in [0.5, 0.6) is 0 Å². The molecule has 0 aliphatic carbocycles. The lowest BCUT2D eigenvalue weighted by Crippen LogP contribution is -2.43. The summed E-state index contributed by atoms with van der Waals surface area (Å²) < 4.78 is 0. The average Bonchev–Trinajstić information content (AvgIpc) is 2.55. The highest BCUT2D eigenvalue weighted by Crippen LogP contribution is 2.27. The van der Waals surface area contributed by atoms with Crippen LogP contribution in [0.4, 0.5) is 5.69 Å². The zero-order valence-corrected chi connectivity index (χ0v) is 13.1. The quantitative estimate of drug-likeness (QED) is 0.841. The predicted molar refractivity (Wildman–Crippen MR) is 92.7 cm³/mol. The first kappa shape index (κ1) is 14.1. The molecule has 0 radical (unpaired) electrons. The van der Waals surface area contributed by atoms with Gasteiger partial charge in [-0.25, -0.2) is 0 Å². The van der Waals surface area contributed by atoms with E-state index in [0.717, 1.165) is 24.5 Å². The second kappa shape index (κ2) is 6.27. The van der Waals surface area contributed by atoms with E-state index in [0.29, 0.717) is 0 Å². The predicted octanol–water partition coefficient (Wildman–Crippen LogP) is 4.07. The van der Waals surface area contributed by atoms with Crippen LogP contribution < -0.4 is 10.2 Å². The molecule has 1 heterocycles. The van der Waals surface area contributed by atoms with E-state index in [-0.39, 0.29) is 6.04 Å². The standard InChI is InChI=1S/C18H20N2S/c1-14(15-8-3-2-4-9-15)19-18(21)20-13-7-11-16-10-5-6-12-17(16)20/h2-6,8-10,12,14H,7,11,13H2,1H3,(H,19,21). The maximum absolute atomic E-state index is 5.64. The van der Waals surface area contributed by atoms with Gasteiger partial charge < -0.3 is 10.2 Å². The maximum Gasteiger partial charge on any atom is 0.173 e. The van der Waals surface area contributed by atoms with Crippen LogP contribution in [-0.2, 0) is 6.42 Å². The second-order valence-electron chi connectivity index (χ2n) is 5.47. The van der Waals surface area contributed by atoms with Crippen molar-refractivity contribution in [3.05, 3.63) is 65.7 Å². The summed E-state index contributed by atoms with van der Waals surface area (Å²) in [6.45, 7) is 3.14. The number of rotatable bonds is 2. The first-order valence-electron chi connectivity index (χ1n) is 7.46. The number of fused-ring (bicyclic) bond motifs is 1. The van der Waals surface area contributed by atoms with Gasteiger partial charge in [0.25, 0.3) is 0 Å². The number of para-hydroxylation sites is 1. The van der Waals surface area contributed by atoms with E-state index < -0.39 is 0 Å². The maximum atomic E-state index is 5.64. The minimum Gasteiger partial charge on any atom is -0.356 e. The molecule has 2 aromatic carbocycles. The van der Waals surface area contributed by atoms with Crippen molar-refractivity contribution in [1.29, 1.82) is 0 Å². The van der Waals surface area contributed by atoms with Gasteiger partial charge in [-0.3, -0.25) is 0 Å². The van der Waals surface area contributed by atoms with Crippen LogP contribution >= 0.6 is 12.2 Å². The summed E-state index contributed by atoms with van der Waals surface area (Å²) >= 11 is 5.64. The molecular formula is C18H20N2S. The first-order chi connectivity index (χ1) is 10.3. The van der Waals surface area contributed by atoms with Gasteiger partial charge in [0.2, 0.25) is 0 Å². The van der Waals surface area contributed by atoms with Crippen molar-refractivity contribution in [3.63, 3.8) is 0 Å². The van der Waals surface area contributed by atoms with Gasteiger partial charge in [0.05, 0.1) is 6.04 Å². The van der Waals surface area contributed by atoms with Crippen LogP contribution in [0.1, 0.15) is 30.5 Å². The highest BCUT2D eigenvalue weighted by Gasteiger charge is 2.20. The molecule has 3 rings (SSSR count). The molecule has 2 nitrogen and oxygen atoms in total. The van der Waals surface area contributed by atoms with E-state index in [9.17, 15) is 0 Å². The smallest absolute Gasteiger partial charge is 0.173 e. The zero-order valence-electron chi connectivity index (χ0n) is 12.3. The van der Waals surface area contributed by atoms with E-state index in [1.165, 1.54) is 16.8 Å². The molecule has 1 unspecified atom stereocenters. The second-order valence-corrected chi connectivity index (χ2v) is 5.85. The van der Waals surface area contributed by atoms with Crippen LogP contribution in [-0.4, -0.2) is 11.7 Å². The molecule has 0 spiro atoms. The van der Waals surface area contributed by atoms with Crippen LogP contribution in [0.3, 0.4) is 0 Å². The summed E-state index contributed by atoms with van der Waals surface area (Å²) in [6.07, 6.45) is 2.29. The van der Waals surface area contributed by atoms with Gasteiger partial charge >= 0.3 is 0 Å². The Bertz CT molecular complexity index is 624. The fourth-order valence-corrected chi connectivity index (χ4v) is 3.20. The Morgan fingerprint density at radius 3 is 2.62 bits per heavy atom. The minimum absolute atomic E-state index is 0.216. The van der Waals surface area contributed by atoms with Crippen molar-refractivity contribution in [3.8, 4) is 0 Å². The van der Waals surface area contributed by atoms with Crippen LogP contribution in [0, 0.1) is 0 Å². The third-order valence-corrected chi connectivity index (χ3v) is 4.33. The number of thiocarbonyl (C=S) groups is 1. The van der Waals surface area contributed by atoms with Crippen molar-refractivity contribution >= 4 is 23.0 Å². The SMILES string of the molecule is CC(NC(=S)N1CCCc2ccccc21)c1ccccc1. The molecule has 0 saturated carbocycles. The highest BCUT2D eigenvalue weighted by molar-refractivity contribution is 7.80. The van der Waals surface area contributed by atoms with Crippen LogP contribution in [0.15, 0.2) is 54.6 Å². The highest BCUT2D eigenvalue weighted by atomic mass is 32.1. The molecule has 0 amide bonds. The molecular weight excluding hydrogens is 276 g/mol.